The van der Waals surface area contributed by atoms with Crippen LogP contribution in [-0.2, 0) is 0 Å². The molecule has 1 nitrogen and oxygen atoms in total. The minimum absolute atomic E-state index is 0.135. The van der Waals surface area contributed by atoms with Crippen LogP contribution in [0.3, 0.4) is 0 Å². The van der Waals surface area contributed by atoms with Crippen LogP contribution < -0.4 is 0 Å². The van der Waals surface area contributed by atoms with Crippen molar-refractivity contribution in [3.8, 4) is 22.3 Å². The summed E-state index contributed by atoms with van der Waals surface area (Å²) in [5.41, 5.74) is 14.6. The van der Waals surface area contributed by atoms with E-state index in [0.29, 0.717) is 0 Å². The third-order valence-corrected chi connectivity index (χ3v) is 10.5. The highest BCUT2D eigenvalue weighted by atomic mass is 16.3. The molecule has 8 aromatic rings. The monoisotopic (exact) mass is 624 g/mol. The molecule has 1 heterocycles. The first kappa shape index (κ1) is 27.9. The zero-order valence-electron chi connectivity index (χ0n) is 26.9. The van der Waals surface area contributed by atoms with Crippen LogP contribution in [0.2, 0.25) is 0 Å². The third-order valence-electron chi connectivity index (χ3n) is 10.5. The fourth-order valence-electron chi connectivity index (χ4n) is 8.32. The van der Waals surface area contributed by atoms with Gasteiger partial charge in [-0.2, -0.15) is 0 Å². The van der Waals surface area contributed by atoms with Crippen molar-refractivity contribution in [2.45, 2.75) is 5.92 Å². The zero-order chi connectivity index (χ0) is 32.3. The second-order valence-corrected chi connectivity index (χ2v) is 13.2. The van der Waals surface area contributed by atoms with Gasteiger partial charge in [0.05, 0.1) is 0 Å². The van der Waals surface area contributed by atoms with Gasteiger partial charge in [-0.25, -0.2) is 0 Å². The number of furan rings is 1. The van der Waals surface area contributed by atoms with Gasteiger partial charge in [0.1, 0.15) is 11.2 Å². The Labute approximate surface area is 285 Å². The van der Waals surface area contributed by atoms with Gasteiger partial charge in [0, 0.05) is 28.2 Å². The van der Waals surface area contributed by atoms with Crippen LogP contribution in [0.5, 0.6) is 0 Å². The second-order valence-electron chi connectivity index (χ2n) is 13.2. The van der Waals surface area contributed by atoms with E-state index in [1.54, 1.807) is 0 Å². The molecule has 0 spiro atoms. The Morgan fingerprint density at radius 3 is 2.04 bits per heavy atom. The van der Waals surface area contributed by atoms with Crippen molar-refractivity contribution >= 4 is 38.3 Å². The SMILES string of the molecule is C1=CC2=C(c3cccc(-c4ccc5ccccc5c4)c3)c3ccccc3C(c3ccccc3-c3cccc4c3oc3ccccc34)C2C=C1. The summed E-state index contributed by atoms with van der Waals surface area (Å²) >= 11 is 0. The molecule has 0 fully saturated rings. The lowest BCUT2D eigenvalue weighted by atomic mass is 9.65. The molecule has 2 atom stereocenters. The van der Waals surface area contributed by atoms with Crippen molar-refractivity contribution in [2.75, 3.05) is 0 Å². The molecule has 0 N–H and O–H groups in total. The second kappa shape index (κ2) is 11.2. The number of para-hydroxylation sites is 2. The predicted molar refractivity (Wildman–Crippen MR) is 205 cm³/mol. The summed E-state index contributed by atoms with van der Waals surface area (Å²) in [6.07, 6.45) is 9.17. The van der Waals surface area contributed by atoms with Crippen molar-refractivity contribution in [1.29, 1.82) is 0 Å². The molecule has 2 aliphatic rings. The Balaban J connectivity index is 1.15. The lowest BCUT2D eigenvalue weighted by Gasteiger charge is -2.37. The van der Waals surface area contributed by atoms with Crippen LogP contribution in [-0.4, -0.2) is 0 Å². The highest BCUT2D eigenvalue weighted by Gasteiger charge is 2.36. The molecule has 1 aromatic heterocycles. The van der Waals surface area contributed by atoms with E-state index in [1.807, 2.05) is 6.07 Å². The van der Waals surface area contributed by atoms with E-state index < -0.39 is 0 Å². The summed E-state index contributed by atoms with van der Waals surface area (Å²) in [6, 6.07) is 57.4. The van der Waals surface area contributed by atoms with Gasteiger partial charge in [0.15, 0.2) is 0 Å². The van der Waals surface area contributed by atoms with E-state index in [9.17, 15) is 0 Å². The molecule has 0 saturated heterocycles. The predicted octanol–water partition coefficient (Wildman–Crippen LogP) is 12.8. The Kier molecular flexibility index (Phi) is 6.38. The van der Waals surface area contributed by atoms with Crippen molar-refractivity contribution in [1.82, 2.24) is 0 Å². The van der Waals surface area contributed by atoms with Gasteiger partial charge in [0.25, 0.3) is 0 Å². The number of hydrogen-bond donors (Lipinski definition) is 0. The quantitative estimate of drug-likeness (QED) is 0.190. The molecule has 49 heavy (non-hydrogen) atoms. The van der Waals surface area contributed by atoms with Crippen LogP contribution in [0.1, 0.15) is 28.2 Å². The normalized spacial score (nSPS) is 16.7. The molecule has 0 amide bonds. The zero-order valence-corrected chi connectivity index (χ0v) is 26.9. The standard InChI is InChI=1S/C48H32O/c1-2-14-32-29-34(28-27-31(32)13-1)33-15-11-16-35(30-33)46-39-20-5-7-22-41(39)47(42-23-8-6-21-40(42)46)38-19-4-3-17-36(38)43-24-12-25-44-37-18-9-10-26-45(37)49-48(43)44/h1-30,41,47H. The van der Waals surface area contributed by atoms with Crippen LogP contribution in [0.25, 0.3) is 60.5 Å². The fraction of sp³-hybridized carbons (Fsp3) is 0.0417. The number of fused-ring (bicyclic) bond motifs is 6. The summed E-state index contributed by atoms with van der Waals surface area (Å²) in [5, 5.41) is 4.83. The van der Waals surface area contributed by atoms with Crippen LogP contribution in [0, 0.1) is 5.92 Å². The molecule has 0 aliphatic heterocycles. The number of benzene rings is 7. The first-order chi connectivity index (χ1) is 24.3. The maximum absolute atomic E-state index is 6.57. The highest BCUT2D eigenvalue weighted by molar-refractivity contribution is 6.09. The first-order valence-electron chi connectivity index (χ1n) is 17.1. The molecule has 0 radical (unpaired) electrons. The lowest BCUT2D eigenvalue weighted by Crippen LogP contribution is -2.23. The summed E-state index contributed by atoms with van der Waals surface area (Å²) in [5.74, 6) is 0.311. The lowest BCUT2D eigenvalue weighted by molar-refractivity contribution is 0.649. The molecule has 1 heteroatoms. The summed E-state index contributed by atoms with van der Waals surface area (Å²) in [6.45, 7) is 0. The smallest absolute Gasteiger partial charge is 0.143 e. The highest BCUT2D eigenvalue weighted by Crippen LogP contribution is 2.52. The van der Waals surface area contributed by atoms with Gasteiger partial charge < -0.3 is 4.42 Å². The van der Waals surface area contributed by atoms with E-state index in [2.05, 4.69) is 176 Å². The largest absolute Gasteiger partial charge is 0.455 e. The third kappa shape index (κ3) is 4.47. The Morgan fingerprint density at radius 1 is 0.449 bits per heavy atom. The molecular weight excluding hydrogens is 593 g/mol. The fourth-order valence-corrected chi connectivity index (χ4v) is 8.32. The van der Waals surface area contributed by atoms with Crippen molar-refractivity contribution in [3.63, 3.8) is 0 Å². The molecule has 0 saturated carbocycles. The van der Waals surface area contributed by atoms with Crippen LogP contribution in [0.15, 0.2) is 192 Å². The van der Waals surface area contributed by atoms with Crippen molar-refractivity contribution < 1.29 is 4.42 Å². The van der Waals surface area contributed by atoms with Crippen molar-refractivity contribution in [2.24, 2.45) is 5.92 Å². The minimum atomic E-state index is 0.135. The molecule has 10 rings (SSSR count). The molecule has 2 unspecified atom stereocenters. The van der Waals surface area contributed by atoms with Crippen LogP contribution >= 0.6 is 0 Å². The van der Waals surface area contributed by atoms with Gasteiger partial charge in [-0.05, 0) is 79.1 Å². The summed E-state index contributed by atoms with van der Waals surface area (Å²) in [4.78, 5) is 0. The average molecular weight is 625 g/mol. The minimum Gasteiger partial charge on any atom is -0.455 e. The van der Waals surface area contributed by atoms with E-state index in [1.165, 1.54) is 60.9 Å². The van der Waals surface area contributed by atoms with E-state index in [4.69, 9.17) is 4.42 Å². The van der Waals surface area contributed by atoms with Gasteiger partial charge in [-0.1, -0.05) is 164 Å². The summed E-state index contributed by atoms with van der Waals surface area (Å²) in [7, 11) is 0. The Bertz CT molecular complexity index is 2680. The maximum atomic E-state index is 6.57. The molecule has 2 aliphatic carbocycles. The Morgan fingerprint density at radius 2 is 1.12 bits per heavy atom. The van der Waals surface area contributed by atoms with E-state index >= 15 is 0 Å². The van der Waals surface area contributed by atoms with Gasteiger partial charge in [0.2, 0.25) is 0 Å². The molecule has 230 valence electrons. The molecule has 7 aromatic carbocycles. The van der Waals surface area contributed by atoms with E-state index in [0.717, 1.165) is 27.5 Å². The summed E-state index contributed by atoms with van der Waals surface area (Å²) < 4.78 is 6.57. The van der Waals surface area contributed by atoms with E-state index in [-0.39, 0.29) is 11.8 Å². The average Bonchev–Trinajstić information content (AvgIpc) is 3.56. The van der Waals surface area contributed by atoms with Crippen LogP contribution in [0.4, 0.5) is 0 Å². The number of hydrogen-bond acceptors (Lipinski definition) is 1. The topological polar surface area (TPSA) is 13.1 Å². The molecule has 0 bridgehead atoms. The van der Waals surface area contributed by atoms with Gasteiger partial charge in [-0.3, -0.25) is 0 Å². The molecular formula is C48H32O. The Hall–Kier alpha value is -6.18. The van der Waals surface area contributed by atoms with Gasteiger partial charge >= 0.3 is 0 Å². The van der Waals surface area contributed by atoms with Gasteiger partial charge in [-0.15, -0.1) is 0 Å². The number of rotatable bonds is 4. The number of allylic oxidation sites excluding steroid dienone is 5. The maximum Gasteiger partial charge on any atom is 0.143 e. The first-order valence-corrected chi connectivity index (χ1v) is 17.1. The van der Waals surface area contributed by atoms with Crippen molar-refractivity contribution in [3.05, 3.63) is 210 Å².